The van der Waals surface area contributed by atoms with Gasteiger partial charge in [0.1, 0.15) is 0 Å². The zero-order valence-corrected chi connectivity index (χ0v) is 13.4. The third kappa shape index (κ3) is 6.25. The Bertz CT molecular complexity index is 395. The van der Waals surface area contributed by atoms with Gasteiger partial charge in [0, 0.05) is 19.6 Å². The number of nitrogens with two attached hydrogens (primary N) is 1. The molecule has 0 saturated heterocycles. The number of hydrogen-bond acceptors (Lipinski definition) is 4. The Morgan fingerprint density at radius 3 is 2.33 bits per heavy atom. The minimum Gasteiger partial charge on any atom is -0.337 e. The van der Waals surface area contributed by atoms with Crippen molar-refractivity contribution in [1.82, 2.24) is 19.9 Å². The van der Waals surface area contributed by atoms with Gasteiger partial charge in [0.15, 0.2) is 5.69 Å². The molecule has 0 saturated carbocycles. The summed E-state index contributed by atoms with van der Waals surface area (Å²) in [5, 5.41) is 7.92. The second-order valence-corrected chi connectivity index (χ2v) is 5.36. The fourth-order valence-corrected chi connectivity index (χ4v) is 2.22. The van der Waals surface area contributed by atoms with Gasteiger partial charge in [-0.15, -0.1) is 5.10 Å². The molecular formula is C15H29N5O. The summed E-state index contributed by atoms with van der Waals surface area (Å²) in [6, 6.07) is 0. The molecule has 1 aromatic heterocycles. The second-order valence-electron chi connectivity index (χ2n) is 5.36. The van der Waals surface area contributed by atoms with Crippen LogP contribution in [0.4, 0.5) is 0 Å². The summed E-state index contributed by atoms with van der Waals surface area (Å²) in [7, 11) is 0. The van der Waals surface area contributed by atoms with Gasteiger partial charge in [0.2, 0.25) is 0 Å². The van der Waals surface area contributed by atoms with Gasteiger partial charge in [0.25, 0.3) is 5.91 Å². The lowest BCUT2D eigenvalue weighted by atomic mass is 10.2. The molecule has 120 valence electrons. The molecule has 21 heavy (non-hydrogen) atoms. The molecule has 0 fully saturated rings. The number of amides is 1. The van der Waals surface area contributed by atoms with Gasteiger partial charge in [-0.1, -0.05) is 44.7 Å². The Kier molecular flexibility index (Phi) is 8.66. The molecule has 2 N–H and O–H groups in total. The van der Waals surface area contributed by atoms with Crippen LogP contribution in [0.25, 0.3) is 0 Å². The van der Waals surface area contributed by atoms with Crippen LogP contribution >= 0.6 is 0 Å². The largest absolute Gasteiger partial charge is 0.337 e. The fraction of sp³-hybridized carbons (Fsp3) is 0.800. The third-order valence-electron chi connectivity index (χ3n) is 3.47. The predicted molar refractivity (Wildman–Crippen MR) is 84.0 cm³/mol. The van der Waals surface area contributed by atoms with Crippen molar-refractivity contribution in [3.8, 4) is 0 Å². The molecular weight excluding hydrogens is 266 g/mol. The summed E-state index contributed by atoms with van der Waals surface area (Å²) in [6.07, 6.45) is 8.40. The first kappa shape index (κ1) is 17.6. The van der Waals surface area contributed by atoms with Crippen molar-refractivity contribution in [1.29, 1.82) is 0 Å². The van der Waals surface area contributed by atoms with Crippen molar-refractivity contribution < 1.29 is 4.79 Å². The van der Waals surface area contributed by atoms with Crippen LogP contribution < -0.4 is 5.73 Å². The molecule has 0 radical (unpaired) electrons. The van der Waals surface area contributed by atoms with Gasteiger partial charge < -0.3 is 10.6 Å². The van der Waals surface area contributed by atoms with Crippen molar-refractivity contribution in [3.05, 3.63) is 11.9 Å². The average molecular weight is 295 g/mol. The summed E-state index contributed by atoms with van der Waals surface area (Å²) >= 11 is 0. The zero-order chi connectivity index (χ0) is 15.5. The highest BCUT2D eigenvalue weighted by Gasteiger charge is 2.18. The SMILES string of the molecule is CCCCCN(CCCCC)C(=O)c1cn(CCN)nn1. The second kappa shape index (κ2) is 10.3. The highest BCUT2D eigenvalue weighted by atomic mass is 16.2. The van der Waals surface area contributed by atoms with E-state index in [4.69, 9.17) is 5.73 Å². The minimum atomic E-state index is -0.00882. The van der Waals surface area contributed by atoms with Crippen molar-refractivity contribution in [2.45, 2.75) is 58.9 Å². The van der Waals surface area contributed by atoms with Crippen LogP contribution in [0.1, 0.15) is 62.9 Å². The van der Waals surface area contributed by atoms with E-state index in [-0.39, 0.29) is 5.91 Å². The minimum absolute atomic E-state index is 0.00882. The number of carbonyl (C=O) groups excluding carboxylic acids is 1. The number of carbonyl (C=O) groups is 1. The monoisotopic (exact) mass is 295 g/mol. The molecule has 1 rings (SSSR count). The molecule has 1 heterocycles. The van der Waals surface area contributed by atoms with Crippen LogP contribution in [0, 0.1) is 0 Å². The van der Waals surface area contributed by atoms with E-state index in [1.807, 2.05) is 4.90 Å². The van der Waals surface area contributed by atoms with Crippen LogP contribution in [-0.2, 0) is 6.54 Å². The number of nitrogens with zero attached hydrogens (tertiary/aromatic N) is 4. The summed E-state index contributed by atoms with van der Waals surface area (Å²) < 4.78 is 1.63. The Morgan fingerprint density at radius 2 is 1.81 bits per heavy atom. The van der Waals surface area contributed by atoms with Crippen molar-refractivity contribution in [2.24, 2.45) is 5.73 Å². The predicted octanol–water partition coefficient (Wildman–Crippen LogP) is 2.06. The summed E-state index contributed by atoms with van der Waals surface area (Å²) in [4.78, 5) is 14.4. The van der Waals surface area contributed by atoms with E-state index >= 15 is 0 Å². The third-order valence-corrected chi connectivity index (χ3v) is 3.47. The van der Waals surface area contributed by atoms with Gasteiger partial charge in [0.05, 0.1) is 12.7 Å². The van der Waals surface area contributed by atoms with Gasteiger partial charge in [-0.3, -0.25) is 9.48 Å². The van der Waals surface area contributed by atoms with Gasteiger partial charge in [-0.25, -0.2) is 0 Å². The fourth-order valence-electron chi connectivity index (χ4n) is 2.22. The normalized spacial score (nSPS) is 10.8. The first-order chi connectivity index (χ1) is 10.2. The number of rotatable bonds is 11. The lowest BCUT2D eigenvalue weighted by molar-refractivity contribution is 0.0743. The van der Waals surface area contributed by atoms with Crippen LogP contribution in [0.2, 0.25) is 0 Å². The Hall–Kier alpha value is -1.43. The smallest absolute Gasteiger partial charge is 0.276 e. The van der Waals surface area contributed by atoms with E-state index in [9.17, 15) is 4.79 Å². The first-order valence-electron chi connectivity index (χ1n) is 8.12. The Labute approximate surface area is 127 Å². The van der Waals surface area contributed by atoms with Gasteiger partial charge in [-0.05, 0) is 12.8 Å². The average Bonchev–Trinajstić information content (AvgIpc) is 2.94. The molecule has 0 bridgehead atoms. The summed E-state index contributed by atoms with van der Waals surface area (Å²) in [5.74, 6) is -0.00882. The number of unbranched alkanes of at least 4 members (excludes halogenated alkanes) is 4. The maximum absolute atomic E-state index is 12.5. The number of aromatic nitrogens is 3. The van der Waals surface area contributed by atoms with Crippen LogP contribution in [-0.4, -0.2) is 45.4 Å². The molecule has 0 spiro atoms. The van der Waals surface area contributed by atoms with E-state index in [0.717, 1.165) is 51.6 Å². The summed E-state index contributed by atoms with van der Waals surface area (Å²) in [5.41, 5.74) is 5.91. The van der Waals surface area contributed by atoms with E-state index in [1.54, 1.807) is 10.9 Å². The van der Waals surface area contributed by atoms with Crippen molar-refractivity contribution in [3.63, 3.8) is 0 Å². The van der Waals surface area contributed by atoms with Crippen molar-refractivity contribution >= 4 is 5.91 Å². The molecule has 1 amide bonds. The lowest BCUT2D eigenvalue weighted by Gasteiger charge is -2.21. The highest BCUT2D eigenvalue weighted by molar-refractivity contribution is 5.91. The van der Waals surface area contributed by atoms with E-state index in [1.165, 1.54) is 0 Å². The van der Waals surface area contributed by atoms with Gasteiger partial charge in [-0.2, -0.15) is 0 Å². The molecule has 0 atom stereocenters. The van der Waals surface area contributed by atoms with E-state index in [0.29, 0.717) is 18.8 Å². The number of hydrogen-bond donors (Lipinski definition) is 1. The van der Waals surface area contributed by atoms with Crippen LogP contribution in [0.5, 0.6) is 0 Å². The lowest BCUT2D eigenvalue weighted by Crippen LogP contribution is -2.33. The van der Waals surface area contributed by atoms with Crippen LogP contribution in [0.3, 0.4) is 0 Å². The molecule has 1 aromatic rings. The topological polar surface area (TPSA) is 77.0 Å². The maximum atomic E-state index is 12.5. The van der Waals surface area contributed by atoms with Crippen LogP contribution in [0.15, 0.2) is 6.20 Å². The Morgan fingerprint density at radius 1 is 1.19 bits per heavy atom. The molecule has 0 aromatic carbocycles. The highest BCUT2D eigenvalue weighted by Crippen LogP contribution is 2.07. The first-order valence-corrected chi connectivity index (χ1v) is 8.12. The maximum Gasteiger partial charge on any atom is 0.276 e. The van der Waals surface area contributed by atoms with E-state index < -0.39 is 0 Å². The molecule has 0 aliphatic heterocycles. The molecule has 6 heteroatoms. The molecule has 0 unspecified atom stereocenters. The Balaban J connectivity index is 2.62. The van der Waals surface area contributed by atoms with Crippen molar-refractivity contribution in [2.75, 3.05) is 19.6 Å². The zero-order valence-electron chi connectivity index (χ0n) is 13.4. The summed E-state index contributed by atoms with van der Waals surface area (Å²) in [6.45, 7) is 7.03. The molecule has 0 aliphatic rings. The quantitative estimate of drug-likeness (QED) is 0.634. The molecule has 6 nitrogen and oxygen atoms in total. The standard InChI is InChI=1S/C15H29N5O/c1-3-5-7-10-19(11-8-6-4-2)15(21)14-13-20(12-9-16)18-17-14/h13H,3-12,16H2,1-2H3. The molecule has 0 aliphatic carbocycles. The van der Waals surface area contributed by atoms with E-state index in [2.05, 4.69) is 24.2 Å². The van der Waals surface area contributed by atoms with Gasteiger partial charge >= 0.3 is 0 Å².